The van der Waals surface area contributed by atoms with Gasteiger partial charge in [-0.25, -0.2) is 0 Å². The lowest BCUT2D eigenvalue weighted by Crippen LogP contribution is -1.84. The molecule has 0 N–H and O–H groups in total. The van der Waals surface area contributed by atoms with E-state index in [0.717, 1.165) is 0 Å². The zero-order valence-electron chi connectivity index (χ0n) is 15.1. The summed E-state index contributed by atoms with van der Waals surface area (Å²) < 4.78 is 0. The first kappa shape index (κ1) is 16.3. The Morgan fingerprint density at radius 3 is 1.19 bits per heavy atom. The predicted octanol–water partition coefficient (Wildman–Crippen LogP) is 6.70. The smallest absolute Gasteiger partial charge is 0.0273 e. The highest BCUT2D eigenvalue weighted by atomic mass is 14.6. The lowest BCUT2D eigenvalue weighted by atomic mass is 9.97. The lowest BCUT2D eigenvalue weighted by Gasteiger charge is -2.08. The van der Waals surface area contributed by atoms with E-state index in [9.17, 15) is 0 Å². The fourth-order valence-electron chi connectivity index (χ4n) is 3.40. The Morgan fingerprint density at radius 1 is 0.423 bits per heavy atom. The van der Waals surface area contributed by atoms with Crippen molar-refractivity contribution in [3.63, 3.8) is 0 Å². The maximum absolute atomic E-state index is 4.08. The molecule has 26 heavy (non-hydrogen) atoms. The topological polar surface area (TPSA) is 12.9 Å². The van der Waals surface area contributed by atoms with Gasteiger partial charge in [0.05, 0.1) is 0 Å². The Balaban J connectivity index is 1.61. The van der Waals surface area contributed by atoms with Crippen LogP contribution in [0, 0.1) is 13.8 Å². The molecule has 0 amide bonds. The van der Waals surface area contributed by atoms with Crippen LogP contribution in [0.2, 0.25) is 0 Å². The second kappa shape index (κ2) is 6.97. The van der Waals surface area contributed by atoms with Crippen LogP contribution in [0.3, 0.4) is 0 Å². The third-order valence-corrected chi connectivity index (χ3v) is 4.67. The molecule has 0 atom stereocenters. The zero-order chi connectivity index (χ0) is 17.9. The molecular weight excluding hydrogens is 314 g/mol. The van der Waals surface area contributed by atoms with E-state index in [0.29, 0.717) is 0 Å². The van der Waals surface area contributed by atoms with E-state index in [4.69, 9.17) is 0 Å². The van der Waals surface area contributed by atoms with E-state index in [2.05, 4.69) is 85.6 Å². The fourth-order valence-corrected chi connectivity index (χ4v) is 3.40. The van der Waals surface area contributed by atoms with E-state index < -0.39 is 0 Å². The van der Waals surface area contributed by atoms with Crippen LogP contribution in [0.1, 0.15) is 11.1 Å². The number of nitrogens with zero attached hydrogens (tertiary/aromatic N) is 1. The number of hydrogen-bond acceptors (Lipinski definition) is 1. The van der Waals surface area contributed by atoms with Crippen molar-refractivity contribution in [2.75, 3.05) is 0 Å². The van der Waals surface area contributed by atoms with Gasteiger partial charge in [-0.15, -0.1) is 0 Å². The summed E-state index contributed by atoms with van der Waals surface area (Å²) in [6.45, 7) is 4.30. The maximum Gasteiger partial charge on any atom is 0.0273 e. The molecule has 4 rings (SSSR count). The van der Waals surface area contributed by atoms with Gasteiger partial charge in [-0.05, 0) is 59.4 Å². The van der Waals surface area contributed by atoms with Gasteiger partial charge in [-0.3, -0.25) is 4.98 Å². The normalized spacial score (nSPS) is 10.7. The second-order valence-electron chi connectivity index (χ2n) is 6.77. The Morgan fingerprint density at radius 2 is 0.769 bits per heavy atom. The zero-order valence-corrected chi connectivity index (χ0v) is 15.1. The molecule has 1 aromatic heterocycles. The molecular formula is C25H21N. The number of benzene rings is 3. The third kappa shape index (κ3) is 3.43. The van der Waals surface area contributed by atoms with Gasteiger partial charge < -0.3 is 0 Å². The molecule has 126 valence electrons. The van der Waals surface area contributed by atoms with Crippen molar-refractivity contribution in [1.29, 1.82) is 0 Å². The molecule has 0 bridgehead atoms. The van der Waals surface area contributed by atoms with Gasteiger partial charge in [0, 0.05) is 12.4 Å². The largest absolute Gasteiger partial charge is 0.265 e. The summed E-state index contributed by atoms with van der Waals surface area (Å²) >= 11 is 0. The molecule has 0 radical (unpaired) electrons. The first-order valence-corrected chi connectivity index (χ1v) is 8.89. The van der Waals surface area contributed by atoms with Gasteiger partial charge >= 0.3 is 0 Å². The highest BCUT2D eigenvalue weighted by Crippen LogP contribution is 2.28. The quantitative estimate of drug-likeness (QED) is 0.406. The summed E-state index contributed by atoms with van der Waals surface area (Å²) in [5.41, 5.74) is 10.0. The van der Waals surface area contributed by atoms with Gasteiger partial charge in [0.1, 0.15) is 0 Å². The van der Waals surface area contributed by atoms with Crippen molar-refractivity contribution in [1.82, 2.24) is 4.98 Å². The van der Waals surface area contributed by atoms with Crippen LogP contribution < -0.4 is 0 Å². The maximum atomic E-state index is 4.08. The number of aromatic nitrogens is 1. The van der Waals surface area contributed by atoms with Crippen LogP contribution >= 0.6 is 0 Å². The van der Waals surface area contributed by atoms with Crippen LogP contribution in [0.15, 0.2) is 91.3 Å². The summed E-state index contributed by atoms with van der Waals surface area (Å²) in [6.07, 6.45) is 3.66. The van der Waals surface area contributed by atoms with Crippen LogP contribution in [0.5, 0.6) is 0 Å². The first-order chi connectivity index (χ1) is 12.7. The van der Waals surface area contributed by atoms with Crippen LogP contribution in [0.4, 0.5) is 0 Å². The highest BCUT2D eigenvalue weighted by Gasteiger charge is 2.03. The van der Waals surface area contributed by atoms with Crippen LogP contribution in [-0.2, 0) is 0 Å². The number of aryl methyl sites for hydroxylation is 2. The molecule has 1 nitrogen and oxygen atoms in total. The molecule has 0 spiro atoms. The van der Waals surface area contributed by atoms with Gasteiger partial charge in [-0.1, -0.05) is 77.9 Å². The van der Waals surface area contributed by atoms with Crippen molar-refractivity contribution in [2.45, 2.75) is 13.8 Å². The lowest BCUT2D eigenvalue weighted by molar-refractivity contribution is 1.33. The molecule has 0 aliphatic heterocycles. The Hall–Kier alpha value is -3.19. The Kier molecular flexibility index (Phi) is 4.37. The van der Waals surface area contributed by atoms with Gasteiger partial charge in [0.15, 0.2) is 0 Å². The fraction of sp³-hybridized carbons (Fsp3) is 0.0800. The average Bonchev–Trinajstić information content (AvgIpc) is 2.68. The van der Waals surface area contributed by atoms with E-state index in [-0.39, 0.29) is 0 Å². The SMILES string of the molecule is Cc1cc(C)cc(-c2ccc(-c3ccc(-c4ccncc4)cc3)cc2)c1. The monoisotopic (exact) mass is 335 g/mol. The summed E-state index contributed by atoms with van der Waals surface area (Å²) in [5.74, 6) is 0. The molecule has 0 saturated carbocycles. The van der Waals surface area contributed by atoms with E-state index in [1.165, 1.54) is 44.5 Å². The van der Waals surface area contributed by atoms with E-state index in [1.54, 1.807) is 0 Å². The summed E-state index contributed by atoms with van der Waals surface area (Å²) in [6, 6.07) is 28.3. The molecule has 0 aliphatic rings. The average molecular weight is 335 g/mol. The number of pyridine rings is 1. The van der Waals surface area contributed by atoms with Crippen molar-refractivity contribution >= 4 is 0 Å². The van der Waals surface area contributed by atoms with Crippen molar-refractivity contribution in [2.24, 2.45) is 0 Å². The Bertz CT molecular complexity index is 994. The first-order valence-electron chi connectivity index (χ1n) is 8.89. The molecule has 0 fully saturated rings. The predicted molar refractivity (Wildman–Crippen MR) is 110 cm³/mol. The molecule has 1 heterocycles. The van der Waals surface area contributed by atoms with Crippen LogP contribution in [0.25, 0.3) is 33.4 Å². The number of hydrogen-bond donors (Lipinski definition) is 0. The van der Waals surface area contributed by atoms with Crippen molar-refractivity contribution < 1.29 is 0 Å². The third-order valence-electron chi connectivity index (χ3n) is 4.67. The Labute approximate surface area is 155 Å². The second-order valence-corrected chi connectivity index (χ2v) is 6.77. The summed E-state index contributed by atoms with van der Waals surface area (Å²) in [5, 5.41) is 0. The molecule has 1 heteroatoms. The van der Waals surface area contributed by atoms with Crippen molar-refractivity contribution in [3.05, 3.63) is 102 Å². The van der Waals surface area contributed by atoms with Gasteiger partial charge in [0.25, 0.3) is 0 Å². The summed E-state index contributed by atoms with van der Waals surface area (Å²) in [4.78, 5) is 4.08. The van der Waals surface area contributed by atoms with Gasteiger partial charge in [-0.2, -0.15) is 0 Å². The highest BCUT2D eigenvalue weighted by molar-refractivity contribution is 5.73. The van der Waals surface area contributed by atoms with Crippen LogP contribution in [-0.4, -0.2) is 4.98 Å². The van der Waals surface area contributed by atoms with E-state index in [1.807, 2.05) is 24.5 Å². The molecule has 4 aromatic rings. The minimum Gasteiger partial charge on any atom is -0.265 e. The minimum absolute atomic E-state index is 1.19. The molecule has 0 saturated heterocycles. The molecule has 0 unspecified atom stereocenters. The number of rotatable bonds is 3. The minimum atomic E-state index is 1.19. The molecule has 0 aliphatic carbocycles. The van der Waals surface area contributed by atoms with Gasteiger partial charge in [0.2, 0.25) is 0 Å². The molecule has 3 aromatic carbocycles. The summed E-state index contributed by atoms with van der Waals surface area (Å²) in [7, 11) is 0. The van der Waals surface area contributed by atoms with E-state index >= 15 is 0 Å². The standard InChI is InChI=1S/C25H21N/c1-18-15-19(2)17-25(16-18)23-9-7-21(8-10-23)20-3-5-22(6-4-20)24-11-13-26-14-12-24/h3-17H,1-2H3. The van der Waals surface area contributed by atoms with Crippen molar-refractivity contribution in [3.8, 4) is 33.4 Å².